The highest BCUT2D eigenvalue weighted by atomic mass is 16.5. The van der Waals surface area contributed by atoms with Gasteiger partial charge in [0.1, 0.15) is 6.04 Å². The fourth-order valence-corrected chi connectivity index (χ4v) is 4.77. The summed E-state index contributed by atoms with van der Waals surface area (Å²) in [5.41, 5.74) is 2.78. The predicted octanol–water partition coefficient (Wildman–Crippen LogP) is 3.29. The van der Waals surface area contributed by atoms with Crippen LogP contribution in [0.1, 0.15) is 58.3 Å². The Kier molecular flexibility index (Phi) is 8.71. The number of amides is 3. The van der Waals surface area contributed by atoms with Crippen LogP contribution in [0.5, 0.6) is 11.5 Å². The van der Waals surface area contributed by atoms with Gasteiger partial charge >= 0.3 is 0 Å². The number of pyridine rings is 1. The number of fused-ring (bicyclic) bond motifs is 5. The number of ether oxygens (including phenoxy) is 2. The molecule has 3 heterocycles. The summed E-state index contributed by atoms with van der Waals surface area (Å²) >= 11 is 0. The topological polar surface area (TPSA) is 136 Å². The molecule has 0 aliphatic carbocycles. The van der Waals surface area contributed by atoms with E-state index >= 15 is 0 Å². The number of nitrogens with zero attached hydrogens (tertiary/aromatic N) is 3. The molecule has 212 valence electrons. The maximum Gasteiger partial charge on any atom is 0.291 e. The first-order valence-corrected chi connectivity index (χ1v) is 13.1. The van der Waals surface area contributed by atoms with Gasteiger partial charge in [-0.25, -0.2) is 4.98 Å². The smallest absolute Gasteiger partial charge is 0.291 e. The zero-order valence-corrected chi connectivity index (χ0v) is 23.7. The van der Waals surface area contributed by atoms with E-state index in [0.717, 1.165) is 5.56 Å². The predicted molar refractivity (Wildman–Crippen MR) is 147 cm³/mol. The Morgan fingerprint density at radius 1 is 1.12 bits per heavy atom. The number of benzene rings is 1. The van der Waals surface area contributed by atoms with Gasteiger partial charge in [0.15, 0.2) is 17.4 Å². The van der Waals surface area contributed by atoms with Crippen molar-refractivity contribution < 1.29 is 28.3 Å². The third-order valence-corrected chi connectivity index (χ3v) is 6.62. The first-order valence-electron chi connectivity index (χ1n) is 13.1. The van der Waals surface area contributed by atoms with E-state index in [-0.39, 0.29) is 43.1 Å². The molecule has 40 heavy (non-hydrogen) atoms. The molecule has 0 saturated carbocycles. The zero-order valence-electron chi connectivity index (χ0n) is 23.7. The highest BCUT2D eigenvalue weighted by Crippen LogP contribution is 2.39. The van der Waals surface area contributed by atoms with Gasteiger partial charge in [0.2, 0.25) is 11.7 Å². The van der Waals surface area contributed by atoms with Crippen molar-refractivity contribution in [1.29, 1.82) is 0 Å². The summed E-state index contributed by atoms with van der Waals surface area (Å²) in [4.78, 5) is 50.2. The lowest BCUT2D eigenvalue weighted by molar-refractivity contribution is -0.123. The molecule has 0 saturated heterocycles. The Hall–Kier alpha value is -4.41. The third kappa shape index (κ3) is 6.24. The summed E-state index contributed by atoms with van der Waals surface area (Å²) < 4.78 is 16.9. The molecule has 1 atom stereocenters. The van der Waals surface area contributed by atoms with Crippen molar-refractivity contribution in [3.8, 4) is 22.6 Å². The quantitative estimate of drug-likeness (QED) is 0.495. The molecule has 3 aromatic rings. The molecule has 4 rings (SSSR count). The SMILES string of the molecule is COc1cc2cc(c1OC)-c1cncc(c1)C(=O)N[C@H](CC(C)C)C(=O)NCCN(C(=O)c1oc(C)nc1C)C2. The summed E-state index contributed by atoms with van der Waals surface area (Å²) in [6.45, 7) is 7.88. The van der Waals surface area contributed by atoms with Crippen molar-refractivity contribution in [3.05, 3.63) is 59.1 Å². The zero-order chi connectivity index (χ0) is 29.0. The minimum atomic E-state index is -0.764. The second kappa shape index (κ2) is 12.2. The maximum atomic E-state index is 13.6. The van der Waals surface area contributed by atoms with Crippen LogP contribution in [0.2, 0.25) is 0 Å². The maximum absolute atomic E-state index is 13.6. The van der Waals surface area contributed by atoms with E-state index in [1.807, 2.05) is 19.9 Å². The molecule has 2 N–H and O–H groups in total. The van der Waals surface area contributed by atoms with Gasteiger partial charge in [-0.2, -0.15) is 0 Å². The van der Waals surface area contributed by atoms with E-state index in [9.17, 15) is 14.4 Å². The highest BCUT2D eigenvalue weighted by Gasteiger charge is 2.27. The van der Waals surface area contributed by atoms with E-state index in [1.165, 1.54) is 20.4 Å². The van der Waals surface area contributed by atoms with E-state index in [2.05, 4.69) is 20.6 Å². The van der Waals surface area contributed by atoms with E-state index < -0.39 is 11.9 Å². The number of rotatable bonds is 5. The summed E-state index contributed by atoms with van der Waals surface area (Å²) in [5, 5.41) is 5.74. The van der Waals surface area contributed by atoms with Crippen LogP contribution in [0.15, 0.2) is 35.0 Å². The monoisotopic (exact) mass is 549 g/mol. The molecule has 1 aromatic carbocycles. The number of methoxy groups -OCH3 is 2. The number of aromatic nitrogens is 2. The summed E-state index contributed by atoms with van der Waals surface area (Å²) in [5.74, 6) is 0.497. The summed E-state index contributed by atoms with van der Waals surface area (Å²) in [6.07, 6.45) is 3.52. The Morgan fingerprint density at radius 2 is 1.88 bits per heavy atom. The van der Waals surface area contributed by atoms with Gasteiger partial charge in [0, 0.05) is 50.1 Å². The van der Waals surface area contributed by atoms with Crippen molar-refractivity contribution in [2.45, 2.75) is 46.7 Å². The van der Waals surface area contributed by atoms with Crippen LogP contribution in [0.3, 0.4) is 0 Å². The largest absolute Gasteiger partial charge is 0.493 e. The molecule has 1 aliphatic rings. The standard InChI is InChI=1S/C29H35N5O6/c1-16(2)9-23-28(36)31-7-8-34(29(37)25-17(3)32-18(4)40-25)15-19-10-22(26(39-6)24(11-19)38-5)20-12-21(14-30-13-20)27(35)33-23/h10-14,16,23H,7-9,15H2,1-6H3,(H,31,36)(H,33,35)/t23-/m1/s1. The van der Waals surface area contributed by atoms with Crippen molar-refractivity contribution in [2.75, 3.05) is 27.3 Å². The van der Waals surface area contributed by atoms with Crippen molar-refractivity contribution >= 4 is 17.7 Å². The molecule has 11 nitrogen and oxygen atoms in total. The Bertz CT molecular complexity index is 1420. The molecule has 0 fully saturated rings. The number of nitrogens with one attached hydrogen (secondary N) is 2. The van der Waals surface area contributed by atoms with Gasteiger partial charge in [0.05, 0.1) is 25.5 Å². The van der Waals surface area contributed by atoms with E-state index in [1.54, 1.807) is 37.1 Å². The summed E-state index contributed by atoms with van der Waals surface area (Å²) in [6, 6.07) is 4.59. The third-order valence-electron chi connectivity index (χ3n) is 6.62. The van der Waals surface area contributed by atoms with Gasteiger partial charge in [-0.15, -0.1) is 0 Å². The first kappa shape index (κ1) is 28.6. The molecule has 0 unspecified atom stereocenters. The molecule has 0 radical (unpaired) electrons. The number of hydrogen-bond donors (Lipinski definition) is 2. The fraction of sp³-hybridized carbons (Fsp3) is 0.414. The average Bonchev–Trinajstić information content (AvgIpc) is 3.27. The van der Waals surface area contributed by atoms with Crippen LogP contribution in [-0.2, 0) is 11.3 Å². The minimum Gasteiger partial charge on any atom is -0.493 e. The number of carbonyl (C=O) groups is 3. The molecule has 1 aliphatic heterocycles. The van der Waals surface area contributed by atoms with Gasteiger partial charge in [-0.05, 0) is 43.0 Å². The van der Waals surface area contributed by atoms with Crippen molar-refractivity contribution in [3.63, 3.8) is 0 Å². The lowest BCUT2D eigenvalue weighted by atomic mass is 10.00. The van der Waals surface area contributed by atoms with Crippen LogP contribution in [0.25, 0.3) is 11.1 Å². The van der Waals surface area contributed by atoms with Crippen LogP contribution in [-0.4, -0.2) is 65.9 Å². The van der Waals surface area contributed by atoms with Gasteiger partial charge in [-0.3, -0.25) is 19.4 Å². The molecule has 0 spiro atoms. The lowest BCUT2D eigenvalue weighted by Crippen LogP contribution is -2.49. The Morgan fingerprint density at radius 3 is 2.52 bits per heavy atom. The molecular weight excluding hydrogens is 514 g/mol. The second-order valence-electron chi connectivity index (χ2n) is 10.2. The minimum absolute atomic E-state index is 0.143. The second-order valence-corrected chi connectivity index (χ2v) is 10.2. The van der Waals surface area contributed by atoms with Gasteiger partial charge in [-0.1, -0.05) is 13.8 Å². The molecule has 4 bridgehead atoms. The fourth-order valence-electron chi connectivity index (χ4n) is 4.77. The summed E-state index contributed by atoms with van der Waals surface area (Å²) in [7, 11) is 3.07. The Labute approximate surface area is 233 Å². The molecule has 3 amide bonds. The lowest BCUT2D eigenvalue weighted by Gasteiger charge is -2.24. The van der Waals surface area contributed by atoms with Crippen LogP contribution in [0.4, 0.5) is 0 Å². The molecule has 11 heteroatoms. The average molecular weight is 550 g/mol. The van der Waals surface area contributed by atoms with Crippen molar-refractivity contribution in [2.24, 2.45) is 5.92 Å². The number of aryl methyl sites for hydroxylation is 2. The Balaban J connectivity index is 1.84. The highest BCUT2D eigenvalue weighted by molar-refractivity contribution is 5.98. The number of hydrogen-bond acceptors (Lipinski definition) is 8. The van der Waals surface area contributed by atoms with E-state index in [0.29, 0.717) is 46.2 Å². The van der Waals surface area contributed by atoms with Gasteiger partial charge in [0.25, 0.3) is 11.8 Å². The van der Waals surface area contributed by atoms with Crippen LogP contribution < -0.4 is 20.1 Å². The van der Waals surface area contributed by atoms with Crippen molar-refractivity contribution in [1.82, 2.24) is 25.5 Å². The normalized spacial score (nSPS) is 16.1. The number of oxazole rings is 1. The number of carbonyl (C=O) groups excluding carboxylic acids is 3. The molecule has 2 aromatic heterocycles. The molecular formula is C29H35N5O6. The van der Waals surface area contributed by atoms with Crippen LogP contribution >= 0.6 is 0 Å². The van der Waals surface area contributed by atoms with Crippen LogP contribution in [0, 0.1) is 19.8 Å². The van der Waals surface area contributed by atoms with E-state index in [4.69, 9.17) is 13.9 Å². The first-order chi connectivity index (χ1) is 19.1. The van der Waals surface area contributed by atoms with Gasteiger partial charge < -0.3 is 29.4 Å².